The van der Waals surface area contributed by atoms with Crippen LogP contribution in [0.2, 0.25) is 5.02 Å². The number of carbonyl (C=O) groups is 2. The predicted molar refractivity (Wildman–Crippen MR) is 111 cm³/mol. The average molecular weight is 466 g/mol. The quantitative estimate of drug-likeness (QED) is 0.477. The minimum absolute atomic E-state index is 0.00264. The van der Waals surface area contributed by atoms with Crippen LogP contribution in [-0.2, 0) is 14.8 Å². The van der Waals surface area contributed by atoms with Gasteiger partial charge >= 0.3 is 5.97 Å². The first-order valence-corrected chi connectivity index (χ1v) is 11.6. The van der Waals surface area contributed by atoms with Gasteiger partial charge in [-0.1, -0.05) is 11.6 Å². The molecule has 0 unspecified atom stereocenters. The number of nitrogens with zero attached hydrogens (tertiary/aromatic N) is 1. The van der Waals surface area contributed by atoms with Crippen molar-refractivity contribution in [3.05, 3.63) is 52.5 Å². The summed E-state index contributed by atoms with van der Waals surface area (Å²) in [5, 5.41) is 0.0239. The van der Waals surface area contributed by atoms with Gasteiger partial charge in [-0.15, -0.1) is 0 Å². The van der Waals surface area contributed by atoms with Crippen LogP contribution in [0.1, 0.15) is 33.6 Å². The molecule has 164 valence electrons. The zero-order valence-corrected chi connectivity index (χ0v) is 18.1. The number of hydrogen-bond acceptors (Lipinski definition) is 7. The lowest BCUT2D eigenvalue weighted by atomic mass is 10.1. The molecule has 2 aromatic carbocycles. The van der Waals surface area contributed by atoms with Gasteiger partial charge in [-0.05, 0) is 49.2 Å². The smallest absolute Gasteiger partial charge is 0.338 e. The normalized spacial score (nSPS) is 16.2. The Labute approximate surface area is 184 Å². The van der Waals surface area contributed by atoms with Gasteiger partial charge in [0, 0.05) is 18.7 Å². The van der Waals surface area contributed by atoms with E-state index in [1.807, 2.05) is 0 Å². The second-order valence-corrected chi connectivity index (χ2v) is 9.43. The molecular formula is C21H20ClNO7S. The standard InChI is InChI=1S/C21H20ClNO7S/c22-16-5-3-15(12-20(16)31(26,27)23-7-1-2-8-23)21(25)30-13-17(24)14-4-6-18-19(11-14)29-10-9-28-18/h3-6,11-12H,1-2,7-10,13H2. The summed E-state index contributed by atoms with van der Waals surface area (Å²) in [4.78, 5) is 24.7. The molecule has 0 saturated carbocycles. The van der Waals surface area contributed by atoms with Gasteiger partial charge in [0.1, 0.15) is 18.1 Å². The maximum Gasteiger partial charge on any atom is 0.338 e. The first kappa shape index (κ1) is 21.6. The van der Waals surface area contributed by atoms with Gasteiger partial charge in [0.05, 0.1) is 10.6 Å². The van der Waals surface area contributed by atoms with Crippen molar-refractivity contribution in [1.82, 2.24) is 4.31 Å². The van der Waals surface area contributed by atoms with E-state index in [1.54, 1.807) is 12.1 Å². The van der Waals surface area contributed by atoms with E-state index in [0.29, 0.717) is 43.4 Å². The summed E-state index contributed by atoms with van der Waals surface area (Å²) in [5.41, 5.74) is 0.308. The second kappa shape index (κ2) is 8.86. The molecule has 8 nitrogen and oxygen atoms in total. The highest BCUT2D eigenvalue weighted by atomic mass is 35.5. The van der Waals surface area contributed by atoms with Gasteiger partial charge in [0.15, 0.2) is 23.9 Å². The van der Waals surface area contributed by atoms with Crippen LogP contribution in [0.5, 0.6) is 11.5 Å². The number of rotatable bonds is 6. The molecule has 2 aromatic rings. The molecule has 31 heavy (non-hydrogen) atoms. The largest absolute Gasteiger partial charge is 0.486 e. The number of carbonyl (C=O) groups excluding carboxylic acids is 2. The number of ether oxygens (including phenoxy) is 3. The van der Waals surface area contributed by atoms with Crippen LogP contribution in [0.4, 0.5) is 0 Å². The third-order valence-electron chi connectivity index (χ3n) is 5.05. The van der Waals surface area contributed by atoms with Crippen LogP contribution in [0.15, 0.2) is 41.3 Å². The van der Waals surface area contributed by atoms with Crippen LogP contribution in [0.3, 0.4) is 0 Å². The molecule has 0 atom stereocenters. The molecule has 0 radical (unpaired) electrons. The molecule has 0 spiro atoms. The van der Waals surface area contributed by atoms with Crippen molar-refractivity contribution >= 4 is 33.4 Å². The Kier molecular flexibility index (Phi) is 6.17. The zero-order valence-electron chi connectivity index (χ0n) is 16.5. The summed E-state index contributed by atoms with van der Waals surface area (Å²) in [6, 6.07) is 8.61. The summed E-state index contributed by atoms with van der Waals surface area (Å²) in [5.74, 6) is -0.241. The Hall–Kier alpha value is -2.62. The van der Waals surface area contributed by atoms with Crippen molar-refractivity contribution < 1.29 is 32.2 Å². The lowest BCUT2D eigenvalue weighted by Crippen LogP contribution is -2.28. The van der Waals surface area contributed by atoms with Gasteiger partial charge < -0.3 is 14.2 Å². The van der Waals surface area contributed by atoms with Crippen molar-refractivity contribution in [3.63, 3.8) is 0 Å². The highest BCUT2D eigenvalue weighted by Crippen LogP contribution is 2.31. The van der Waals surface area contributed by atoms with E-state index in [2.05, 4.69) is 0 Å². The molecule has 1 fully saturated rings. The monoisotopic (exact) mass is 465 g/mol. The van der Waals surface area contributed by atoms with Gasteiger partial charge in [0.2, 0.25) is 10.0 Å². The van der Waals surface area contributed by atoms with Crippen molar-refractivity contribution in [3.8, 4) is 11.5 Å². The molecule has 0 aromatic heterocycles. The van der Waals surface area contributed by atoms with Gasteiger partial charge in [-0.2, -0.15) is 4.31 Å². The minimum Gasteiger partial charge on any atom is -0.486 e. The first-order chi connectivity index (χ1) is 14.9. The lowest BCUT2D eigenvalue weighted by molar-refractivity contribution is 0.0474. The number of Topliss-reactive ketones (excluding diaryl/α,β-unsaturated/α-hetero) is 1. The van der Waals surface area contributed by atoms with E-state index in [1.165, 1.54) is 28.6 Å². The zero-order chi connectivity index (χ0) is 22.0. The van der Waals surface area contributed by atoms with Crippen LogP contribution in [-0.4, -0.2) is 57.4 Å². The lowest BCUT2D eigenvalue weighted by Gasteiger charge is -2.18. The van der Waals surface area contributed by atoms with E-state index in [0.717, 1.165) is 12.8 Å². The van der Waals surface area contributed by atoms with Crippen molar-refractivity contribution in [2.45, 2.75) is 17.7 Å². The second-order valence-electron chi connectivity index (χ2n) is 7.11. The Bertz CT molecular complexity index is 1130. The van der Waals surface area contributed by atoms with Crippen molar-refractivity contribution in [1.29, 1.82) is 0 Å². The van der Waals surface area contributed by atoms with Crippen molar-refractivity contribution in [2.75, 3.05) is 32.9 Å². The highest BCUT2D eigenvalue weighted by Gasteiger charge is 2.30. The Morgan fingerprint density at radius 1 is 0.968 bits per heavy atom. The summed E-state index contributed by atoms with van der Waals surface area (Å²) < 4.78 is 42.9. The molecule has 10 heteroatoms. The van der Waals surface area contributed by atoms with Crippen LogP contribution >= 0.6 is 11.6 Å². The van der Waals surface area contributed by atoms with E-state index < -0.39 is 28.4 Å². The highest BCUT2D eigenvalue weighted by molar-refractivity contribution is 7.89. The van der Waals surface area contributed by atoms with Crippen LogP contribution in [0, 0.1) is 0 Å². The third-order valence-corrected chi connectivity index (χ3v) is 7.43. The number of benzene rings is 2. The molecular weight excluding hydrogens is 446 g/mol. The fourth-order valence-corrected chi connectivity index (χ4v) is 5.43. The van der Waals surface area contributed by atoms with Gasteiger partial charge in [-0.25, -0.2) is 13.2 Å². The number of halogens is 1. The molecule has 1 saturated heterocycles. The summed E-state index contributed by atoms with van der Waals surface area (Å²) in [6.07, 6.45) is 1.56. The Balaban J connectivity index is 1.46. The van der Waals surface area contributed by atoms with Crippen LogP contribution < -0.4 is 9.47 Å². The summed E-state index contributed by atoms with van der Waals surface area (Å²) >= 11 is 6.10. The fraction of sp³-hybridized carbons (Fsp3) is 0.333. The van der Waals surface area contributed by atoms with E-state index >= 15 is 0 Å². The molecule has 4 rings (SSSR count). The number of fused-ring (bicyclic) bond motifs is 1. The predicted octanol–water partition coefficient (Wildman–Crippen LogP) is 2.94. The van der Waals surface area contributed by atoms with Gasteiger partial charge in [-0.3, -0.25) is 4.79 Å². The Morgan fingerprint density at radius 2 is 1.65 bits per heavy atom. The molecule has 2 heterocycles. The van der Waals surface area contributed by atoms with Crippen molar-refractivity contribution in [2.24, 2.45) is 0 Å². The minimum atomic E-state index is -3.81. The maximum atomic E-state index is 12.8. The topological polar surface area (TPSA) is 99.2 Å². The van der Waals surface area contributed by atoms with Gasteiger partial charge in [0.25, 0.3) is 0 Å². The number of esters is 1. The number of sulfonamides is 1. The SMILES string of the molecule is O=C(COC(=O)c1ccc(Cl)c(S(=O)(=O)N2CCCC2)c1)c1ccc2c(c1)OCCO2. The van der Waals surface area contributed by atoms with E-state index in [-0.39, 0.29) is 15.5 Å². The molecule has 2 aliphatic rings. The Morgan fingerprint density at radius 3 is 2.39 bits per heavy atom. The molecule has 0 aliphatic carbocycles. The molecule has 0 N–H and O–H groups in total. The average Bonchev–Trinajstić information content (AvgIpc) is 3.33. The number of ketones is 1. The van der Waals surface area contributed by atoms with Crippen LogP contribution in [0.25, 0.3) is 0 Å². The maximum absolute atomic E-state index is 12.8. The first-order valence-electron chi connectivity index (χ1n) is 9.76. The van der Waals surface area contributed by atoms with E-state index in [9.17, 15) is 18.0 Å². The summed E-state index contributed by atoms with van der Waals surface area (Å²) in [6.45, 7) is 1.15. The molecule has 0 bridgehead atoms. The molecule has 0 amide bonds. The fourth-order valence-electron chi connectivity index (χ4n) is 3.41. The third kappa shape index (κ3) is 4.53. The number of hydrogen-bond donors (Lipinski definition) is 0. The summed E-state index contributed by atoms with van der Waals surface area (Å²) in [7, 11) is -3.81. The van der Waals surface area contributed by atoms with E-state index in [4.69, 9.17) is 25.8 Å². The molecule has 2 aliphatic heterocycles.